The second-order valence-corrected chi connectivity index (χ2v) is 6.80. The molecular formula is C19H18Cl2O4. The van der Waals surface area contributed by atoms with E-state index < -0.39 is 5.97 Å². The molecule has 0 saturated carbocycles. The van der Waals surface area contributed by atoms with E-state index in [0.717, 1.165) is 30.6 Å². The van der Waals surface area contributed by atoms with Gasteiger partial charge in [0.05, 0.1) is 6.10 Å². The van der Waals surface area contributed by atoms with Crippen LogP contribution in [0.5, 0.6) is 5.75 Å². The summed E-state index contributed by atoms with van der Waals surface area (Å²) in [5.74, 6) is -0.174. The molecule has 4 nitrogen and oxygen atoms in total. The number of aliphatic carboxylic acids is 1. The Bertz CT molecular complexity index is 756. The molecule has 0 saturated heterocycles. The Hall–Kier alpha value is -1.75. The first kappa shape index (κ1) is 18.1. The maximum absolute atomic E-state index is 10.6. The molecule has 1 atom stereocenters. The Morgan fingerprint density at radius 2 is 1.92 bits per heavy atom. The lowest BCUT2D eigenvalue weighted by Crippen LogP contribution is -2.25. The number of carboxylic acid groups (broad SMARTS) is 1. The summed E-state index contributed by atoms with van der Waals surface area (Å²) in [4.78, 5) is 10.6. The van der Waals surface area contributed by atoms with Crippen LogP contribution in [0.1, 0.15) is 23.1 Å². The Morgan fingerprint density at radius 1 is 1.16 bits per heavy atom. The number of hydrogen-bond acceptors (Lipinski definition) is 3. The summed E-state index contributed by atoms with van der Waals surface area (Å²) >= 11 is 12.3. The van der Waals surface area contributed by atoms with Crippen LogP contribution >= 0.6 is 23.2 Å². The maximum Gasteiger partial charge on any atom is 0.329 e. The standard InChI is InChI=1S/C19H18Cl2O4/c20-17-2-1-3-18(21)16(17)10-24-14-6-4-13-9-15(25-11-19(22)23)7-5-12(13)8-14/h1-4,6,8,15H,5,7,9-11H2,(H,22,23). The van der Waals surface area contributed by atoms with Crippen molar-refractivity contribution in [3.63, 3.8) is 0 Å². The van der Waals surface area contributed by atoms with Crippen LogP contribution in [0.25, 0.3) is 0 Å². The van der Waals surface area contributed by atoms with Crippen LogP contribution in [0.3, 0.4) is 0 Å². The van der Waals surface area contributed by atoms with Crippen LogP contribution < -0.4 is 4.74 Å². The molecule has 0 radical (unpaired) electrons. The first-order valence-electron chi connectivity index (χ1n) is 8.04. The van der Waals surface area contributed by atoms with Gasteiger partial charge in [-0.3, -0.25) is 0 Å². The molecule has 0 heterocycles. The minimum Gasteiger partial charge on any atom is -0.489 e. The topological polar surface area (TPSA) is 55.8 Å². The Kier molecular flexibility index (Phi) is 5.84. The number of halogens is 2. The highest BCUT2D eigenvalue weighted by Crippen LogP contribution is 2.29. The molecule has 0 spiro atoms. The predicted molar refractivity (Wildman–Crippen MR) is 96.6 cm³/mol. The fourth-order valence-electron chi connectivity index (χ4n) is 2.94. The van der Waals surface area contributed by atoms with Crippen LogP contribution in [0.4, 0.5) is 0 Å². The molecule has 0 amide bonds. The third-order valence-corrected chi connectivity index (χ3v) is 4.96. The van der Waals surface area contributed by atoms with E-state index >= 15 is 0 Å². The first-order valence-corrected chi connectivity index (χ1v) is 8.79. The summed E-state index contributed by atoms with van der Waals surface area (Å²) in [6.07, 6.45) is 2.32. The van der Waals surface area contributed by atoms with Crippen LogP contribution in [0.2, 0.25) is 10.0 Å². The molecule has 1 N–H and O–H groups in total. The van der Waals surface area contributed by atoms with Gasteiger partial charge in [0, 0.05) is 15.6 Å². The zero-order valence-corrected chi connectivity index (χ0v) is 15.0. The molecule has 0 bridgehead atoms. The van der Waals surface area contributed by atoms with Gasteiger partial charge in [-0.2, -0.15) is 0 Å². The van der Waals surface area contributed by atoms with Crippen molar-refractivity contribution >= 4 is 29.2 Å². The molecule has 0 fully saturated rings. The van der Waals surface area contributed by atoms with Crippen molar-refractivity contribution in [1.82, 2.24) is 0 Å². The lowest BCUT2D eigenvalue weighted by atomic mass is 9.89. The third-order valence-electron chi connectivity index (χ3n) is 4.25. The van der Waals surface area contributed by atoms with Crippen molar-refractivity contribution in [3.05, 3.63) is 63.1 Å². The highest BCUT2D eigenvalue weighted by atomic mass is 35.5. The molecule has 1 unspecified atom stereocenters. The van der Waals surface area contributed by atoms with E-state index in [9.17, 15) is 4.79 Å². The van der Waals surface area contributed by atoms with Crippen LogP contribution in [-0.2, 0) is 29.0 Å². The number of carbonyl (C=O) groups is 1. The lowest BCUT2D eigenvalue weighted by Gasteiger charge is -2.24. The van der Waals surface area contributed by atoms with E-state index in [2.05, 4.69) is 0 Å². The smallest absolute Gasteiger partial charge is 0.329 e. The summed E-state index contributed by atoms with van der Waals surface area (Å²) in [5, 5.41) is 9.88. The summed E-state index contributed by atoms with van der Waals surface area (Å²) in [6.45, 7) is 0.0570. The van der Waals surface area contributed by atoms with Gasteiger partial charge in [-0.25, -0.2) is 4.79 Å². The third kappa shape index (κ3) is 4.66. The number of hydrogen-bond donors (Lipinski definition) is 1. The molecule has 0 aromatic heterocycles. The van der Waals surface area contributed by atoms with E-state index in [-0.39, 0.29) is 12.7 Å². The van der Waals surface area contributed by atoms with E-state index in [1.807, 2.05) is 18.2 Å². The molecule has 132 valence electrons. The van der Waals surface area contributed by atoms with Crippen molar-refractivity contribution in [1.29, 1.82) is 0 Å². The normalized spacial score (nSPS) is 16.3. The maximum atomic E-state index is 10.6. The van der Waals surface area contributed by atoms with Crippen LogP contribution in [0.15, 0.2) is 36.4 Å². The summed E-state index contributed by atoms with van der Waals surface area (Å²) in [5.41, 5.74) is 3.15. The van der Waals surface area contributed by atoms with Crippen molar-refractivity contribution in [2.24, 2.45) is 0 Å². The van der Waals surface area contributed by atoms with Crippen LogP contribution in [0, 0.1) is 0 Å². The molecule has 0 aliphatic heterocycles. The largest absolute Gasteiger partial charge is 0.489 e. The molecule has 2 aromatic carbocycles. The van der Waals surface area contributed by atoms with Crippen molar-refractivity contribution in [2.75, 3.05) is 6.61 Å². The second-order valence-electron chi connectivity index (χ2n) is 5.99. The van der Waals surface area contributed by atoms with Gasteiger partial charge in [0.15, 0.2) is 0 Å². The van der Waals surface area contributed by atoms with Gasteiger partial charge in [0.1, 0.15) is 19.0 Å². The zero-order chi connectivity index (χ0) is 17.8. The van der Waals surface area contributed by atoms with Crippen molar-refractivity contribution in [3.8, 4) is 5.75 Å². The van der Waals surface area contributed by atoms with Gasteiger partial charge in [0.25, 0.3) is 0 Å². The molecule has 25 heavy (non-hydrogen) atoms. The molecule has 1 aliphatic carbocycles. The summed E-state index contributed by atoms with van der Waals surface area (Å²) in [7, 11) is 0. The van der Waals surface area contributed by atoms with E-state index in [0.29, 0.717) is 16.7 Å². The Morgan fingerprint density at radius 3 is 2.64 bits per heavy atom. The average molecular weight is 381 g/mol. The Balaban J connectivity index is 1.63. The quantitative estimate of drug-likeness (QED) is 0.799. The minimum atomic E-state index is -0.937. The number of rotatable bonds is 6. The fraction of sp³-hybridized carbons (Fsp3) is 0.316. The van der Waals surface area contributed by atoms with E-state index in [1.165, 1.54) is 11.1 Å². The van der Waals surface area contributed by atoms with Crippen molar-refractivity contribution < 1.29 is 19.4 Å². The van der Waals surface area contributed by atoms with E-state index in [4.69, 9.17) is 37.8 Å². The Labute approximate surface area is 156 Å². The molecular weight excluding hydrogens is 363 g/mol. The lowest BCUT2D eigenvalue weighted by molar-refractivity contribution is -0.144. The zero-order valence-electron chi connectivity index (χ0n) is 13.5. The molecule has 3 rings (SSSR count). The number of ether oxygens (including phenoxy) is 2. The van der Waals surface area contributed by atoms with E-state index in [1.54, 1.807) is 18.2 Å². The van der Waals surface area contributed by atoms with Gasteiger partial charge in [-0.05, 0) is 54.7 Å². The fourth-order valence-corrected chi connectivity index (χ4v) is 3.45. The number of aryl methyl sites for hydroxylation is 1. The van der Waals surface area contributed by atoms with Gasteiger partial charge in [-0.1, -0.05) is 35.3 Å². The van der Waals surface area contributed by atoms with Gasteiger partial charge in [0.2, 0.25) is 0 Å². The number of benzene rings is 2. The monoisotopic (exact) mass is 380 g/mol. The highest BCUT2D eigenvalue weighted by molar-refractivity contribution is 6.35. The average Bonchev–Trinajstić information content (AvgIpc) is 2.59. The summed E-state index contributed by atoms with van der Waals surface area (Å²) in [6, 6.07) is 11.3. The van der Waals surface area contributed by atoms with Crippen LogP contribution in [-0.4, -0.2) is 23.8 Å². The summed E-state index contributed by atoms with van der Waals surface area (Å²) < 4.78 is 11.3. The molecule has 1 aliphatic rings. The number of carboxylic acids is 1. The number of fused-ring (bicyclic) bond motifs is 1. The molecule has 6 heteroatoms. The van der Waals surface area contributed by atoms with Gasteiger partial charge >= 0.3 is 5.97 Å². The predicted octanol–water partition coefficient (Wildman–Crippen LogP) is 4.53. The first-order chi connectivity index (χ1) is 12.0. The molecule has 2 aromatic rings. The van der Waals surface area contributed by atoms with Gasteiger partial charge in [-0.15, -0.1) is 0 Å². The van der Waals surface area contributed by atoms with Crippen molar-refractivity contribution in [2.45, 2.75) is 32.0 Å². The second kappa shape index (κ2) is 8.09. The highest BCUT2D eigenvalue weighted by Gasteiger charge is 2.20. The SMILES string of the molecule is O=C(O)COC1CCc2cc(OCc3c(Cl)cccc3Cl)ccc2C1. The van der Waals surface area contributed by atoms with Gasteiger partial charge < -0.3 is 14.6 Å². The minimum absolute atomic E-state index is 0.0442.